The molecular weight excluding hydrogens is 506 g/mol. The lowest BCUT2D eigenvalue weighted by atomic mass is 10.1. The zero-order valence-corrected chi connectivity index (χ0v) is 22.8. The molecule has 0 spiro atoms. The molecule has 2 fully saturated rings. The largest absolute Gasteiger partial charge is 0.495 e. The number of halogens is 1. The van der Waals surface area contributed by atoms with Gasteiger partial charge in [0.25, 0.3) is 5.91 Å². The number of ether oxygens (including phenoxy) is 2. The molecule has 0 aromatic heterocycles. The number of amides is 2. The molecule has 2 heterocycles. The molecule has 0 unspecified atom stereocenters. The molecule has 0 bridgehead atoms. The predicted molar refractivity (Wildman–Crippen MR) is 152 cm³/mol. The maximum Gasteiger partial charge on any atom is 0.253 e. The Hall–Kier alpha value is -3.01. The lowest BCUT2D eigenvalue weighted by Gasteiger charge is -2.38. The van der Waals surface area contributed by atoms with Gasteiger partial charge < -0.3 is 29.9 Å². The van der Waals surface area contributed by atoms with Crippen molar-refractivity contribution in [2.24, 2.45) is 0 Å². The van der Waals surface area contributed by atoms with Gasteiger partial charge in [0.1, 0.15) is 5.75 Å². The first kappa shape index (κ1) is 28.0. The monoisotopic (exact) mass is 543 g/mol. The summed E-state index contributed by atoms with van der Waals surface area (Å²) >= 11 is 5.73. The summed E-state index contributed by atoms with van der Waals surface area (Å²) in [4.78, 5) is 32.5. The highest BCUT2D eigenvalue weighted by Crippen LogP contribution is 2.31. The summed E-state index contributed by atoms with van der Waals surface area (Å²) < 4.78 is 11.0. The Bertz CT molecular complexity index is 1070. The van der Waals surface area contributed by atoms with E-state index in [0.29, 0.717) is 36.5 Å². The fourth-order valence-corrected chi connectivity index (χ4v) is 4.98. The summed E-state index contributed by atoms with van der Waals surface area (Å²) in [5.74, 6) is 1.04. The molecule has 2 aromatic rings. The Balaban J connectivity index is 1.46. The molecule has 0 saturated carbocycles. The SMILES string of the molecule is COc1ccccc1N1CCN(c2ccc(NC(=O)CCCCl)cc2C(=O)NCCN2CCOCC2)CC1. The van der Waals surface area contributed by atoms with Crippen molar-refractivity contribution >= 4 is 40.5 Å². The highest BCUT2D eigenvalue weighted by molar-refractivity contribution is 6.18. The second-order valence-electron chi connectivity index (χ2n) is 9.43. The van der Waals surface area contributed by atoms with Crippen molar-refractivity contribution in [3.8, 4) is 5.75 Å². The molecule has 0 radical (unpaired) electrons. The molecule has 2 aliphatic rings. The number of alkyl halides is 1. The van der Waals surface area contributed by atoms with Crippen molar-refractivity contribution < 1.29 is 19.1 Å². The van der Waals surface area contributed by atoms with Gasteiger partial charge in [-0.15, -0.1) is 11.6 Å². The van der Waals surface area contributed by atoms with Crippen LogP contribution in [-0.4, -0.2) is 95.3 Å². The van der Waals surface area contributed by atoms with Gasteiger partial charge in [0, 0.05) is 76.0 Å². The summed E-state index contributed by atoms with van der Waals surface area (Å²) in [6.45, 7) is 7.65. The summed E-state index contributed by atoms with van der Waals surface area (Å²) in [5, 5.41) is 6.00. The molecule has 2 saturated heterocycles. The number of hydrogen-bond donors (Lipinski definition) is 2. The van der Waals surface area contributed by atoms with Crippen molar-refractivity contribution in [3.05, 3.63) is 48.0 Å². The maximum absolute atomic E-state index is 13.4. The van der Waals surface area contributed by atoms with Crippen molar-refractivity contribution in [3.63, 3.8) is 0 Å². The lowest BCUT2D eigenvalue weighted by molar-refractivity contribution is -0.116. The molecule has 0 aliphatic carbocycles. The van der Waals surface area contributed by atoms with Crippen LogP contribution in [0.15, 0.2) is 42.5 Å². The number of methoxy groups -OCH3 is 1. The fourth-order valence-electron chi connectivity index (χ4n) is 4.85. The third kappa shape index (κ3) is 7.52. The minimum absolute atomic E-state index is 0.109. The van der Waals surface area contributed by atoms with Gasteiger partial charge in [0.15, 0.2) is 0 Å². The predicted octanol–water partition coefficient (Wildman–Crippen LogP) is 3.04. The Labute approximate surface area is 230 Å². The van der Waals surface area contributed by atoms with E-state index in [9.17, 15) is 9.59 Å². The Morgan fingerprint density at radius 3 is 2.39 bits per heavy atom. The molecule has 2 N–H and O–H groups in total. The molecule has 2 aromatic carbocycles. The molecule has 4 rings (SSSR count). The molecular formula is C28H38ClN5O4. The number of morpholine rings is 1. The molecule has 9 nitrogen and oxygen atoms in total. The highest BCUT2D eigenvalue weighted by atomic mass is 35.5. The summed E-state index contributed by atoms with van der Waals surface area (Å²) in [6.07, 6.45) is 0.952. The number of benzene rings is 2. The second-order valence-corrected chi connectivity index (χ2v) is 9.81. The van der Waals surface area contributed by atoms with E-state index in [1.54, 1.807) is 13.2 Å². The van der Waals surface area contributed by atoms with Crippen molar-refractivity contribution in [1.29, 1.82) is 0 Å². The normalized spacial score (nSPS) is 16.3. The van der Waals surface area contributed by atoms with E-state index in [1.165, 1.54) is 0 Å². The smallest absolute Gasteiger partial charge is 0.253 e. The van der Waals surface area contributed by atoms with Gasteiger partial charge in [0.05, 0.1) is 31.6 Å². The number of piperazine rings is 1. The minimum atomic E-state index is -0.141. The van der Waals surface area contributed by atoms with Crippen LogP contribution in [0.1, 0.15) is 23.2 Å². The number of carbonyl (C=O) groups is 2. The van der Waals surface area contributed by atoms with Crippen LogP contribution < -0.4 is 25.2 Å². The molecule has 2 amide bonds. The quantitative estimate of drug-likeness (QED) is 0.421. The van der Waals surface area contributed by atoms with Crippen LogP contribution in [0.3, 0.4) is 0 Å². The number of hydrogen-bond acceptors (Lipinski definition) is 7. The van der Waals surface area contributed by atoms with Crippen molar-refractivity contribution in [2.45, 2.75) is 12.8 Å². The highest BCUT2D eigenvalue weighted by Gasteiger charge is 2.24. The molecule has 2 aliphatic heterocycles. The summed E-state index contributed by atoms with van der Waals surface area (Å²) in [6, 6.07) is 13.6. The average Bonchev–Trinajstić information content (AvgIpc) is 2.96. The maximum atomic E-state index is 13.4. The molecule has 10 heteroatoms. The summed E-state index contributed by atoms with van der Waals surface area (Å²) in [7, 11) is 1.69. The van der Waals surface area contributed by atoms with E-state index in [4.69, 9.17) is 21.1 Å². The first-order valence-corrected chi connectivity index (χ1v) is 13.8. The topological polar surface area (TPSA) is 86.4 Å². The van der Waals surface area contributed by atoms with Gasteiger partial charge >= 0.3 is 0 Å². The van der Waals surface area contributed by atoms with Gasteiger partial charge in [-0.25, -0.2) is 0 Å². The minimum Gasteiger partial charge on any atom is -0.495 e. The number of carbonyl (C=O) groups excluding carboxylic acids is 2. The van der Waals surface area contributed by atoms with Crippen LogP contribution >= 0.6 is 11.6 Å². The van der Waals surface area contributed by atoms with Crippen LogP contribution in [-0.2, 0) is 9.53 Å². The average molecular weight is 544 g/mol. The van der Waals surface area contributed by atoms with Gasteiger partial charge in [-0.05, 0) is 36.8 Å². The number of rotatable bonds is 11. The van der Waals surface area contributed by atoms with E-state index in [1.807, 2.05) is 30.3 Å². The lowest BCUT2D eigenvalue weighted by Crippen LogP contribution is -2.47. The first-order valence-electron chi connectivity index (χ1n) is 13.3. The number of anilines is 3. The number of nitrogens with one attached hydrogen (secondary N) is 2. The Kier molecular flexibility index (Phi) is 10.5. The second kappa shape index (κ2) is 14.2. The molecule has 206 valence electrons. The van der Waals surface area contributed by atoms with Crippen LogP contribution in [0.2, 0.25) is 0 Å². The summed E-state index contributed by atoms with van der Waals surface area (Å²) in [5.41, 5.74) is 3.12. The zero-order chi connectivity index (χ0) is 26.7. The van der Waals surface area contributed by atoms with E-state index in [0.717, 1.165) is 76.2 Å². The van der Waals surface area contributed by atoms with Crippen LogP contribution in [0.5, 0.6) is 5.75 Å². The van der Waals surface area contributed by atoms with Crippen LogP contribution in [0.25, 0.3) is 0 Å². The van der Waals surface area contributed by atoms with Crippen molar-refractivity contribution in [1.82, 2.24) is 10.2 Å². The fraction of sp³-hybridized carbons (Fsp3) is 0.500. The Morgan fingerprint density at radius 1 is 0.974 bits per heavy atom. The molecule has 38 heavy (non-hydrogen) atoms. The molecule has 0 atom stereocenters. The van der Waals surface area contributed by atoms with E-state index >= 15 is 0 Å². The number of para-hydroxylation sites is 2. The third-order valence-corrected chi connectivity index (χ3v) is 7.19. The van der Waals surface area contributed by atoms with Crippen molar-refractivity contribution in [2.75, 3.05) is 93.7 Å². The number of nitrogens with zero attached hydrogens (tertiary/aromatic N) is 3. The zero-order valence-electron chi connectivity index (χ0n) is 22.1. The Morgan fingerprint density at radius 2 is 1.68 bits per heavy atom. The van der Waals surface area contributed by atoms with E-state index in [2.05, 4.69) is 31.4 Å². The standard InChI is InChI=1S/C28H38ClN5O4/c1-37-26-6-3-2-5-25(26)34-15-13-33(14-16-34)24-9-8-22(31-27(35)7-4-10-29)21-23(24)28(36)30-11-12-32-17-19-38-20-18-32/h2-3,5-6,8-9,21H,4,7,10-20H2,1H3,(H,30,36)(H,31,35). The van der Waals surface area contributed by atoms with Crippen LogP contribution in [0.4, 0.5) is 17.1 Å². The van der Waals surface area contributed by atoms with Crippen LogP contribution in [0, 0.1) is 0 Å². The van der Waals surface area contributed by atoms with Gasteiger partial charge in [-0.1, -0.05) is 12.1 Å². The van der Waals surface area contributed by atoms with E-state index < -0.39 is 0 Å². The van der Waals surface area contributed by atoms with E-state index in [-0.39, 0.29) is 11.8 Å². The van der Waals surface area contributed by atoms with Gasteiger partial charge in [0.2, 0.25) is 5.91 Å². The third-order valence-electron chi connectivity index (χ3n) is 6.93. The first-order chi connectivity index (χ1) is 18.6. The van der Waals surface area contributed by atoms with Gasteiger partial charge in [-0.3, -0.25) is 14.5 Å². The van der Waals surface area contributed by atoms with Gasteiger partial charge in [-0.2, -0.15) is 0 Å².